The van der Waals surface area contributed by atoms with Gasteiger partial charge in [0.25, 0.3) is 5.56 Å². The van der Waals surface area contributed by atoms with E-state index in [-0.39, 0.29) is 29.7 Å². The predicted octanol–water partition coefficient (Wildman–Crippen LogP) is 0.419. The van der Waals surface area contributed by atoms with Crippen LogP contribution in [0.2, 0.25) is 0 Å². The van der Waals surface area contributed by atoms with Crippen LogP contribution in [0.1, 0.15) is 0 Å². The van der Waals surface area contributed by atoms with Gasteiger partial charge in [-0.15, -0.1) is 10.2 Å². The normalized spacial score (nSPS) is 11.3. The number of hydrogen-bond donors (Lipinski definition) is 1. The molecule has 0 bridgehead atoms. The molecule has 0 amide bonds. The van der Waals surface area contributed by atoms with Gasteiger partial charge >= 0.3 is 5.69 Å². The number of aromatic amines is 1. The van der Waals surface area contributed by atoms with E-state index in [0.717, 1.165) is 4.57 Å². The van der Waals surface area contributed by atoms with E-state index >= 15 is 0 Å². The second-order valence-corrected chi connectivity index (χ2v) is 4.46. The first-order valence-corrected chi connectivity index (χ1v) is 6.19. The molecule has 2 heterocycles. The highest BCUT2D eigenvalue weighted by atomic mass is 19.1. The monoisotopic (exact) mass is 290 g/mol. The number of fused-ring (bicyclic) bond motifs is 3. The van der Waals surface area contributed by atoms with Crippen LogP contribution in [0.5, 0.6) is 0 Å². The Hall–Kier alpha value is -2.61. The van der Waals surface area contributed by atoms with Crippen LogP contribution >= 0.6 is 0 Å². The minimum Gasteiger partial charge on any atom is -0.383 e. The van der Waals surface area contributed by atoms with Crippen LogP contribution in [0.15, 0.2) is 27.8 Å². The molecule has 2 aromatic heterocycles. The SMILES string of the molecule is COCCn1c(=O)[nH]c2c(nnc3cc(F)ccc32)c1=O. The topological polar surface area (TPSA) is 89.9 Å². The lowest BCUT2D eigenvalue weighted by molar-refractivity contribution is 0.185. The summed E-state index contributed by atoms with van der Waals surface area (Å²) in [5.74, 6) is -0.466. The standard InChI is InChI=1S/C13H11FN4O3/c1-21-5-4-18-12(19)11-10(15-13(18)20)8-3-2-7(14)6-9(8)16-17-11/h2-3,6H,4-5H2,1H3,(H,15,20). The summed E-state index contributed by atoms with van der Waals surface area (Å²) in [5, 5.41) is 8.09. The van der Waals surface area contributed by atoms with Crippen LogP contribution in [0.4, 0.5) is 4.39 Å². The molecule has 0 saturated heterocycles. The molecule has 7 nitrogen and oxygen atoms in total. The van der Waals surface area contributed by atoms with Gasteiger partial charge in [-0.1, -0.05) is 0 Å². The van der Waals surface area contributed by atoms with Crippen molar-refractivity contribution in [3.63, 3.8) is 0 Å². The van der Waals surface area contributed by atoms with Crippen molar-refractivity contribution >= 4 is 21.9 Å². The van der Waals surface area contributed by atoms with Crippen LogP contribution in [0, 0.1) is 5.82 Å². The van der Waals surface area contributed by atoms with Crippen molar-refractivity contribution in [2.75, 3.05) is 13.7 Å². The third-order valence-corrected chi connectivity index (χ3v) is 3.17. The number of hydrogen-bond acceptors (Lipinski definition) is 5. The second-order valence-electron chi connectivity index (χ2n) is 4.46. The van der Waals surface area contributed by atoms with Crippen molar-refractivity contribution in [3.8, 4) is 0 Å². The Morgan fingerprint density at radius 1 is 1.33 bits per heavy atom. The lowest BCUT2D eigenvalue weighted by atomic mass is 10.2. The molecule has 0 unspecified atom stereocenters. The van der Waals surface area contributed by atoms with E-state index < -0.39 is 17.1 Å². The van der Waals surface area contributed by atoms with Crippen LogP contribution in [0.25, 0.3) is 21.9 Å². The number of rotatable bonds is 3. The highest BCUT2D eigenvalue weighted by Crippen LogP contribution is 2.17. The molecule has 0 aliphatic heterocycles. The van der Waals surface area contributed by atoms with Crippen molar-refractivity contribution in [2.24, 2.45) is 0 Å². The molecular formula is C13H11FN4O3. The Morgan fingerprint density at radius 3 is 2.90 bits per heavy atom. The van der Waals surface area contributed by atoms with E-state index in [4.69, 9.17) is 4.74 Å². The van der Waals surface area contributed by atoms with Crippen molar-refractivity contribution in [2.45, 2.75) is 6.54 Å². The van der Waals surface area contributed by atoms with E-state index in [1.165, 1.54) is 25.3 Å². The largest absolute Gasteiger partial charge is 0.383 e. The molecule has 0 aliphatic rings. The molecule has 21 heavy (non-hydrogen) atoms. The number of nitrogens with zero attached hydrogens (tertiary/aromatic N) is 3. The molecule has 0 saturated carbocycles. The minimum atomic E-state index is -0.567. The van der Waals surface area contributed by atoms with E-state index in [1.54, 1.807) is 0 Å². The lowest BCUT2D eigenvalue weighted by Gasteiger charge is -2.06. The van der Waals surface area contributed by atoms with Gasteiger partial charge in [-0.3, -0.25) is 9.36 Å². The number of H-pyrrole nitrogens is 1. The summed E-state index contributed by atoms with van der Waals surface area (Å²) >= 11 is 0. The maximum Gasteiger partial charge on any atom is 0.329 e. The van der Waals surface area contributed by atoms with Crippen LogP contribution in [-0.4, -0.2) is 33.5 Å². The van der Waals surface area contributed by atoms with Crippen LogP contribution in [0.3, 0.4) is 0 Å². The number of benzene rings is 1. The first-order valence-electron chi connectivity index (χ1n) is 6.19. The Labute approximate surface area is 117 Å². The molecule has 0 aliphatic carbocycles. The highest BCUT2D eigenvalue weighted by Gasteiger charge is 2.12. The summed E-state index contributed by atoms with van der Waals surface area (Å²) < 4.78 is 19.0. The Bertz CT molecular complexity index is 948. The van der Waals surface area contributed by atoms with Crippen LogP contribution < -0.4 is 11.2 Å². The summed E-state index contributed by atoms with van der Waals surface area (Å²) in [4.78, 5) is 26.9. The molecule has 0 fully saturated rings. The van der Waals surface area contributed by atoms with Gasteiger partial charge in [0.1, 0.15) is 5.82 Å². The van der Waals surface area contributed by atoms with Gasteiger partial charge in [-0.25, -0.2) is 9.18 Å². The average Bonchev–Trinajstić information content (AvgIpc) is 2.46. The second kappa shape index (κ2) is 5.06. The molecule has 8 heteroatoms. The molecule has 108 valence electrons. The fourth-order valence-electron chi connectivity index (χ4n) is 2.14. The number of methoxy groups -OCH3 is 1. The summed E-state index contributed by atoms with van der Waals surface area (Å²) in [7, 11) is 1.47. The predicted molar refractivity (Wildman–Crippen MR) is 73.8 cm³/mol. The molecule has 0 radical (unpaired) electrons. The van der Waals surface area contributed by atoms with Crippen LogP contribution in [-0.2, 0) is 11.3 Å². The molecule has 1 aromatic carbocycles. The van der Waals surface area contributed by atoms with Crippen molar-refractivity contribution < 1.29 is 9.13 Å². The van der Waals surface area contributed by atoms with Crippen molar-refractivity contribution in [1.29, 1.82) is 0 Å². The zero-order valence-electron chi connectivity index (χ0n) is 11.1. The third-order valence-electron chi connectivity index (χ3n) is 3.17. The summed E-state index contributed by atoms with van der Waals surface area (Å²) in [6.07, 6.45) is 0. The Kier molecular flexibility index (Phi) is 3.22. The molecule has 3 rings (SSSR count). The smallest absolute Gasteiger partial charge is 0.329 e. The van der Waals surface area contributed by atoms with Crippen molar-refractivity contribution in [3.05, 3.63) is 44.9 Å². The van der Waals surface area contributed by atoms with E-state index in [2.05, 4.69) is 15.2 Å². The number of nitrogens with one attached hydrogen (secondary N) is 1. The number of aromatic nitrogens is 4. The Morgan fingerprint density at radius 2 is 2.14 bits per heavy atom. The molecule has 0 spiro atoms. The quantitative estimate of drug-likeness (QED) is 0.706. The first kappa shape index (κ1) is 13.4. The maximum absolute atomic E-state index is 13.2. The zero-order valence-corrected chi connectivity index (χ0v) is 11.1. The lowest BCUT2D eigenvalue weighted by Crippen LogP contribution is -2.36. The number of ether oxygens (including phenoxy) is 1. The third kappa shape index (κ3) is 2.19. The van der Waals surface area contributed by atoms with Gasteiger partial charge in [-0.2, -0.15) is 0 Å². The van der Waals surface area contributed by atoms with Gasteiger partial charge < -0.3 is 9.72 Å². The minimum absolute atomic E-state index is 0.0322. The van der Waals surface area contributed by atoms with E-state index in [1.807, 2.05) is 0 Å². The van der Waals surface area contributed by atoms with E-state index in [9.17, 15) is 14.0 Å². The summed E-state index contributed by atoms with van der Waals surface area (Å²) in [6, 6.07) is 3.88. The maximum atomic E-state index is 13.2. The van der Waals surface area contributed by atoms with Gasteiger partial charge in [0.15, 0.2) is 5.52 Å². The van der Waals surface area contributed by atoms with Gasteiger partial charge in [0.2, 0.25) is 0 Å². The number of halogens is 1. The summed E-state index contributed by atoms with van der Waals surface area (Å²) in [6.45, 7) is 0.338. The fourth-order valence-corrected chi connectivity index (χ4v) is 2.14. The Balaban J connectivity index is 2.36. The first-order chi connectivity index (χ1) is 10.1. The summed E-state index contributed by atoms with van der Waals surface area (Å²) in [5.41, 5.74) is -0.562. The highest BCUT2D eigenvalue weighted by molar-refractivity contribution is 6.00. The van der Waals surface area contributed by atoms with Crippen molar-refractivity contribution in [1.82, 2.24) is 19.7 Å². The van der Waals surface area contributed by atoms with Gasteiger partial charge in [-0.05, 0) is 12.1 Å². The molecule has 3 aromatic rings. The van der Waals surface area contributed by atoms with Gasteiger partial charge in [0, 0.05) is 18.6 Å². The zero-order chi connectivity index (χ0) is 15.0. The fraction of sp³-hybridized carbons (Fsp3) is 0.231. The molecular weight excluding hydrogens is 279 g/mol. The van der Waals surface area contributed by atoms with Gasteiger partial charge in [0.05, 0.1) is 24.2 Å². The average molecular weight is 290 g/mol. The van der Waals surface area contributed by atoms with E-state index in [0.29, 0.717) is 5.39 Å². The molecule has 1 N–H and O–H groups in total. The molecule has 0 atom stereocenters.